The van der Waals surface area contributed by atoms with E-state index in [2.05, 4.69) is 59.5 Å². The summed E-state index contributed by atoms with van der Waals surface area (Å²) >= 11 is 0. The van der Waals surface area contributed by atoms with Crippen molar-refractivity contribution in [1.29, 1.82) is 0 Å². The predicted octanol–water partition coefficient (Wildman–Crippen LogP) is 5.29. The van der Waals surface area contributed by atoms with Gasteiger partial charge in [-0.3, -0.25) is 4.79 Å². The molecule has 3 aliphatic rings. The van der Waals surface area contributed by atoms with Gasteiger partial charge in [-0.05, 0) is 65.6 Å². The molecule has 0 N–H and O–H groups in total. The smallest absolute Gasteiger partial charge is 0.313 e. The minimum Gasteiger partial charge on any atom is -0.489 e. The quantitative estimate of drug-likeness (QED) is 0.456. The fraction of sp³-hybridized carbons (Fsp3) is 0.367. The zero-order chi connectivity index (χ0) is 23.2. The van der Waals surface area contributed by atoms with Crippen LogP contribution < -0.4 is 4.74 Å². The van der Waals surface area contributed by atoms with E-state index < -0.39 is 0 Å². The molecule has 3 aromatic carbocycles. The average molecular weight is 454 g/mol. The van der Waals surface area contributed by atoms with Gasteiger partial charge in [-0.25, -0.2) is 0 Å². The largest absolute Gasteiger partial charge is 0.489 e. The number of nitrogens with zero attached hydrogens (tertiary/aromatic N) is 1. The lowest BCUT2D eigenvalue weighted by Gasteiger charge is -2.49. The van der Waals surface area contributed by atoms with E-state index in [4.69, 9.17) is 9.47 Å². The number of fused-ring (bicyclic) bond motifs is 1. The molecule has 0 unspecified atom stereocenters. The standard InChI is InChI=1S/C30H31NO3/c1-33-28(32)30(13-14-30)21-31-19-29(20-31)16-25-8-7-24(15-26(25)17-29)23-9-11-27(12-10-23)34-18-22-5-3-2-4-6-22/h2-12,15H,13-14,16-21H2,1H3. The van der Waals surface area contributed by atoms with E-state index in [1.807, 2.05) is 18.2 Å². The third-order valence-corrected chi connectivity index (χ3v) is 7.89. The monoisotopic (exact) mass is 453 g/mol. The molecule has 2 aliphatic carbocycles. The molecule has 1 aliphatic heterocycles. The van der Waals surface area contributed by atoms with Gasteiger partial charge in [0.2, 0.25) is 0 Å². The first-order valence-corrected chi connectivity index (χ1v) is 12.3. The number of hydrogen-bond donors (Lipinski definition) is 0. The Labute approximate surface area is 201 Å². The zero-order valence-corrected chi connectivity index (χ0v) is 19.8. The van der Waals surface area contributed by atoms with Gasteiger partial charge < -0.3 is 14.4 Å². The first-order valence-electron chi connectivity index (χ1n) is 12.3. The van der Waals surface area contributed by atoms with E-state index in [-0.39, 0.29) is 11.4 Å². The first-order chi connectivity index (χ1) is 16.6. The summed E-state index contributed by atoms with van der Waals surface area (Å²) in [6.45, 7) is 3.62. The molecule has 34 heavy (non-hydrogen) atoms. The van der Waals surface area contributed by atoms with Crippen molar-refractivity contribution in [3.8, 4) is 16.9 Å². The van der Waals surface area contributed by atoms with E-state index in [9.17, 15) is 4.79 Å². The highest BCUT2D eigenvalue weighted by Crippen LogP contribution is 2.51. The fourth-order valence-corrected chi connectivity index (χ4v) is 5.96. The van der Waals surface area contributed by atoms with Gasteiger partial charge >= 0.3 is 5.97 Å². The third kappa shape index (κ3) is 4.01. The SMILES string of the molecule is COC(=O)C1(CN2CC3(Cc4ccc(-c5ccc(OCc6ccccc6)cc5)cc4C3)C2)CC1. The molecule has 4 nitrogen and oxygen atoms in total. The van der Waals surface area contributed by atoms with Gasteiger partial charge in [0.1, 0.15) is 12.4 Å². The molecule has 3 aromatic rings. The number of methoxy groups -OCH3 is 1. The zero-order valence-electron chi connectivity index (χ0n) is 19.8. The van der Waals surface area contributed by atoms with Crippen molar-refractivity contribution in [1.82, 2.24) is 4.90 Å². The van der Waals surface area contributed by atoms with Crippen LogP contribution >= 0.6 is 0 Å². The normalized spacial score (nSPS) is 19.3. The van der Waals surface area contributed by atoms with Crippen LogP contribution in [0.3, 0.4) is 0 Å². The Morgan fingerprint density at radius 1 is 0.882 bits per heavy atom. The number of benzene rings is 3. The van der Waals surface area contributed by atoms with Gasteiger partial charge in [0.15, 0.2) is 0 Å². The molecule has 6 rings (SSSR count). The molecule has 4 heteroatoms. The predicted molar refractivity (Wildman–Crippen MR) is 133 cm³/mol. The Balaban J connectivity index is 1.08. The Bertz CT molecular complexity index is 1190. The Kier molecular flexibility index (Phi) is 5.22. The highest BCUT2D eigenvalue weighted by Gasteiger charge is 2.56. The molecular weight excluding hydrogens is 422 g/mol. The van der Waals surface area contributed by atoms with Gasteiger partial charge in [0.25, 0.3) is 0 Å². The number of carbonyl (C=O) groups is 1. The van der Waals surface area contributed by atoms with E-state index >= 15 is 0 Å². The summed E-state index contributed by atoms with van der Waals surface area (Å²) in [7, 11) is 1.51. The molecule has 1 spiro atoms. The van der Waals surface area contributed by atoms with Crippen LogP contribution in [0.5, 0.6) is 5.75 Å². The van der Waals surface area contributed by atoms with E-state index in [0.29, 0.717) is 12.0 Å². The van der Waals surface area contributed by atoms with Crippen LogP contribution in [0.15, 0.2) is 72.8 Å². The van der Waals surface area contributed by atoms with Gasteiger partial charge in [-0.1, -0.05) is 60.7 Å². The molecule has 0 radical (unpaired) electrons. The van der Waals surface area contributed by atoms with Crippen LogP contribution in [0.25, 0.3) is 11.1 Å². The molecule has 0 atom stereocenters. The number of likely N-dealkylation sites (tertiary alicyclic amines) is 1. The summed E-state index contributed by atoms with van der Waals surface area (Å²) in [5.74, 6) is 0.868. The Morgan fingerprint density at radius 2 is 1.59 bits per heavy atom. The average Bonchev–Trinajstić information content (AvgIpc) is 3.53. The van der Waals surface area contributed by atoms with Crippen LogP contribution in [0.4, 0.5) is 0 Å². The van der Waals surface area contributed by atoms with Gasteiger partial charge in [0, 0.05) is 25.0 Å². The van der Waals surface area contributed by atoms with Crippen molar-refractivity contribution in [2.45, 2.75) is 32.3 Å². The van der Waals surface area contributed by atoms with Crippen molar-refractivity contribution in [2.24, 2.45) is 10.8 Å². The molecule has 0 aromatic heterocycles. The number of hydrogen-bond acceptors (Lipinski definition) is 4. The highest BCUT2D eigenvalue weighted by molar-refractivity contribution is 5.80. The van der Waals surface area contributed by atoms with Crippen molar-refractivity contribution in [3.63, 3.8) is 0 Å². The fourth-order valence-electron chi connectivity index (χ4n) is 5.96. The summed E-state index contributed by atoms with van der Waals surface area (Å²) in [4.78, 5) is 14.6. The maximum absolute atomic E-state index is 12.1. The minimum absolute atomic E-state index is 0.0238. The third-order valence-electron chi connectivity index (χ3n) is 7.89. The van der Waals surface area contributed by atoms with Gasteiger partial charge in [-0.15, -0.1) is 0 Å². The molecule has 1 heterocycles. The molecule has 1 saturated carbocycles. The Hall–Kier alpha value is -3.11. The van der Waals surface area contributed by atoms with E-state index in [1.54, 1.807) is 0 Å². The second kappa shape index (κ2) is 8.28. The summed E-state index contributed by atoms with van der Waals surface area (Å²) in [6.07, 6.45) is 4.23. The van der Waals surface area contributed by atoms with Gasteiger partial charge in [0.05, 0.1) is 12.5 Å². The topological polar surface area (TPSA) is 38.8 Å². The van der Waals surface area contributed by atoms with Crippen molar-refractivity contribution >= 4 is 5.97 Å². The van der Waals surface area contributed by atoms with Crippen LogP contribution in [-0.2, 0) is 29.0 Å². The summed E-state index contributed by atoms with van der Waals surface area (Å²) < 4.78 is 11.0. The number of esters is 1. The van der Waals surface area contributed by atoms with Crippen LogP contribution in [-0.4, -0.2) is 37.6 Å². The van der Waals surface area contributed by atoms with Crippen molar-refractivity contribution < 1.29 is 14.3 Å². The lowest BCUT2D eigenvalue weighted by molar-refractivity contribution is -0.149. The molecule has 2 fully saturated rings. The molecule has 0 bridgehead atoms. The van der Waals surface area contributed by atoms with Crippen molar-refractivity contribution in [2.75, 3.05) is 26.7 Å². The van der Waals surface area contributed by atoms with Gasteiger partial charge in [-0.2, -0.15) is 0 Å². The Morgan fingerprint density at radius 3 is 2.29 bits per heavy atom. The summed E-state index contributed by atoms with van der Waals surface area (Å²) in [5, 5.41) is 0. The number of carbonyl (C=O) groups excluding carboxylic acids is 1. The van der Waals surface area contributed by atoms with Crippen LogP contribution in [0.2, 0.25) is 0 Å². The first kappa shape index (κ1) is 21.4. The lowest BCUT2D eigenvalue weighted by atomic mass is 9.76. The second-order valence-corrected chi connectivity index (χ2v) is 10.6. The molecule has 0 amide bonds. The molecular formula is C30H31NO3. The summed E-state index contributed by atoms with van der Waals surface area (Å²) in [5.41, 5.74) is 6.76. The number of ether oxygens (including phenoxy) is 2. The second-order valence-electron chi connectivity index (χ2n) is 10.6. The van der Waals surface area contributed by atoms with E-state index in [1.165, 1.54) is 34.9 Å². The maximum Gasteiger partial charge on any atom is 0.313 e. The van der Waals surface area contributed by atoms with Crippen molar-refractivity contribution in [3.05, 3.63) is 89.5 Å². The molecule has 1 saturated heterocycles. The lowest BCUT2D eigenvalue weighted by Crippen LogP contribution is -2.58. The van der Waals surface area contributed by atoms with Crippen LogP contribution in [0.1, 0.15) is 29.5 Å². The highest BCUT2D eigenvalue weighted by atomic mass is 16.5. The van der Waals surface area contributed by atoms with E-state index in [0.717, 1.165) is 51.1 Å². The number of rotatable bonds is 7. The van der Waals surface area contributed by atoms with Crippen LogP contribution in [0, 0.1) is 10.8 Å². The molecule has 174 valence electrons. The maximum atomic E-state index is 12.1. The minimum atomic E-state index is -0.216. The summed E-state index contributed by atoms with van der Waals surface area (Å²) in [6, 6.07) is 25.6.